The molecule has 1 aliphatic rings. The Hall–Kier alpha value is -2.91. The lowest BCUT2D eigenvalue weighted by Crippen LogP contribution is -2.15. The number of thioether (sulfide) groups is 1. The SMILES string of the molecule is CCn1c(SCC(=O)Nc2cc(OC)c(Cl)cc2OC)nnc1-c1ccc(OC2CCCC2)cc1. The van der Waals surface area contributed by atoms with Gasteiger partial charge in [-0.05, 0) is 56.9 Å². The highest BCUT2D eigenvalue weighted by Gasteiger charge is 2.18. The quantitative estimate of drug-likeness (QED) is 0.346. The molecule has 1 amide bonds. The maximum absolute atomic E-state index is 12.7. The molecule has 0 atom stereocenters. The number of rotatable bonds is 10. The molecular weight excluding hydrogens is 488 g/mol. The number of halogens is 1. The van der Waals surface area contributed by atoms with E-state index in [2.05, 4.69) is 15.5 Å². The lowest BCUT2D eigenvalue weighted by molar-refractivity contribution is -0.113. The van der Waals surface area contributed by atoms with Gasteiger partial charge in [0.15, 0.2) is 11.0 Å². The van der Waals surface area contributed by atoms with Crippen molar-refractivity contribution in [1.82, 2.24) is 14.8 Å². The monoisotopic (exact) mass is 516 g/mol. The summed E-state index contributed by atoms with van der Waals surface area (Å²) < 4.78 is 18.6. The molecule has 8 nitrogen and oxygen atoms in total. The Morgan fingerprint density at radius 2 is 1.83 bits per heavy atom. The van der Waals surface area contributed by atoms with E-state index in [1.54, 1.807) is 12.1 Å². The number of aromatic nitrogens is 3. The van der Waals surface area contributed by atoms with E-state index in [9.17, 15) is 4.79 Å². The van der Waals surface area contributed by atoms with Gasteiger partial charge in [-0.3, -0.25) is 4.79 Å². The summed E-state index contributed by atoms with van der Waals surface area (Å²) in [6, 6.07) is 11.2. The zero-order chi connectivity index (χ0) is 24.8. The van der Waals surface area contributed by atoms with Crippen LogP contribution in [0.2, 0.25) is 5.02 Å². The van der Waals surface area contributed by atoms with Gasteiger partial charge in [-0.25, -0.2) is 0 Å². The van der Waals surface area contributed by atoms with Crippen molar-refractivity contribution in [2.75, 3.05) is 25.3 Å². The molecule has 2 aromatic carbocycles. The summed E-state index contributed by atoms with van der Waals surface area (Å²) in [5.41, 5.74) is 1.43. The van der Waals surface area contributed by atoms with Crippen LogP contribution in [-0.2, 0) is 11.3 Å². The molecule has 1 saturated carbocycles. The van der Waals surface area contributed by atoms with Crippen LogP contribution in [0.1, 0.15) is 32.6 Å². The number of carbonyl (C=O) groups is 1. The molecule has 0 aliphatic heterocycles. The molecule has 1 aromatic heterocycles. The van der Waals surface area contributed by atoms with Crippen LogP contribution in [0.3, 0.4) is 0 Å². The molecule has 4 rings (SSSR count). The largest absolute Gasteiger partial charge is 0.495 e. The summed E-state index contributed by atoms with van der Waals surface area (Å²) in [5.74, 6) is 2.48. The number of benzene rings is 2. The smallest absolute Gasteiger partial charge is 0.234 e. The number of methoxy groups -OCH3 is 2. The fourth-order valence-electron chi connectivity index (χ4n) is 4.05. The van der Waals surface area contributed by atoms with Gasteiger partial charge in [-0.2, -0.15) is 0 Å². The third-order valence-corrected chi connectivity index (χ3v) is 7.09. The molecule has 0 radical (unpaired) electrons. The minimum atomic E-state index is -0.210. The summed E-state index contributed by atoms with van der Waals surface area (Å²) in [4.78, 5) is 12.7. The van der Waals surface area contributed by atoms with Crippen LogP contribution in [-0.4, -0.2) is 46.7 Å². The van der Waals surface area contributed by atoms with Crippen molar-refractivity contribution in [2.24, 2.45) is 0 Å². The average Bonchev–Trinajstić information content (AvgIpc) is 3.53. The first-order chi connectivity index (χ1) is 17.0. The number of carbonyl (C=O) groups excluding carboxylic acids is 1. The summed E-state index contributed by atoms with van der Waals surface area (Å²) in [7, 11) is 3.03. The number of ether oxygens (including phenoxy) is 3. The first-order valence-corrected chi connectivity index (χ1v) is 12.9. The molecule has 0 saturated heterocycles. The molecule has 10 heteroatoms. The summed E-state index contributed by atoms with van der Waals surface area (Å²) >= 11 is 7.46. The predicted octanol–water partition coefficient (Wildman–Crippen LogP) is 5.69. The highest BCUT2D eigenvalue weighted by Crippen LogP contribution is 2.36. The zero-order valence-electron chi connectivity index (χ0n) is 20.0. The van der Waals surface area contributed by atoms with Crippen molar-refractivity contribution in [1.29, 1.82) is 0 Å². The Labute approximate surface area is 214 Å². The van der Waals surface area contributed by atoms with Gasteiger partial charge in [0.05, 0.1) is 36.8 Å². The van der Waals surface area contributed by atoms with Crippen molar-refractivity contribution in [3.63, 3.8) is 0 Å². The standard InChI is InChI=1S/C25H29ClN4O4S/c1-4-30-24(16-9-11-18(12-10-16)34-17-7-5-6-8-17)28-29-25(30)35-15-23(31)27-20-14-21(32-2)19(26)13-22(20)33-3/h9-14,17H,4-8,15H2,1-3H3,(H,27,31). The molecule has 1 N–H and O–H groups in total. The number of nitrogens with one attached hydrogen (secondary N) is 1. The fourth-order valence-corrected chi connectivity index (χ4v) is 5.08. The van der Waals surface area contributed by atoms with Crippen molar-refractivity contribution < 1.29 is 19.0 Å². The maximum atomic E-state index is 12.7. The Bertz CT molecular complexity index is 1160. The Morgan fingerprint density at radius 1 is 1.11 bits per heavy atom. The van der Waals surface area contributed by atoms with Crippen molar-refractivity contribution in [3.05, 3.63) is 41.4 Å². The van der Waals surface area contributed by atoms with Crippen LogP contribution in [0.5, 0.6) is 17.2 Å². The van der Waals surface area contributed by atoms with E-state index in [0.717, 1.165) is 30.0 Å². The molecule has 1 heterocycles. The van der Waals surface area contributed by atoms with E-state index >= 15 is 0 Å². The highest BCUT2D eigenvalue weighted by molar-refractivity contribution is 7.99. The van der Waals surface area contributed by atoms with Crippen LogP contribution >= 0.6 is 23.4 Å². The second-order valence-corrected chi connectivity index (χ2v) is 9.47. The summed E-state index contributed by atoms with van der Waals surface area (Å²) in [6.07, 6.45) is 5.05. The number of nitrogens with zero attached hydrogens (tertiary/aromatic N) is 3. The second kappa shape index (κ2) is 11.7. The normalized spacial score (nSPS) is 13.6. The number of hydrogen-bond donors (Lipinski definition) is 1. The van der Waals surface area contributed by atoms with Gasteiger partial charge >= 0.3 is 0 Å². The molecule has 0 spiro atoms. The topological polar surface area (TPSA) is 87.5 Å². The minimum Gasteiger partial charge on any atom is -0.495 e. The molecule has 0 bridgehead atoms. The third-order valence-electron chi connectivity index (χ3n) is 5.83. The number of anilines is 1. The van der Waals surface area contributed by atoms with Gasteiger partial charge in [-0.15, -0.1) is 10.2 Å². The van der Waals surface area contributed by atoms with E-state index in [1.807, 2.05) is 35.8 Å². The predicted molar refractivity (Wildman–Crippen MR) is 138 cm³/mol. The van der Waals surface area contributed by atoms with Crippen molar-refractivity contribution in [3.8, 4) is 28.6 Å². The molecule has 1 aliphatic carbocycles. The van der Waals surface area contributed by atoms with Crippen LogP contribution in [0.4, 0.5) is 5.69 Å². The Kier molecular flexibility index (Phi) is 8.41. The zero-order valence-corrected chi connectivity index (χ0v) is 21.6. The molecule has 186 valence electrons. The van der Waals surface area contributed by atoms with Gasteiger partial charge in [-0.1, -0.05) is 23.4 Å². The first-order valence-electron chi connectivity index (χ1n) is 11.6. The molecule has 1 fully saturated rings. The van der Waals surface area contributed by atoms with Crippen LogP contribution in [0, 0.1) is 0 Å². The maximum Gasteiger partial charge on any atom is 0.234 e. The summed E-state index contributed by atoms with van der Waals surface area (Å²) in [6.45, 7) is 2.70. The first kappa shape index (κ1) is 25.2. The van der Waals surface area contributed by atoms with Gasteiger partial charge in [0.2, 0.25) is 5.91 Å². The Balaban J connectivity index is 1.41. The molecular formula is C25H29ClN4O4S. The van der Waals surface area contributed by atoms with Gasteiger partial charge in [0, 0.05) is 24.2 Å². The second-order valence-electron chi connectivity index (χ2n) is 8.12. The van der Waals surface area contributed by atoms with Crippen molar-refractivity contribution in [2.45, 2.75) is 50.4 Å². The highest BCUT2D eigenvalue weighted by atomic mass is 35.5. The van der Waals surface area contributed by atoms with Gasteiger partial charge in [0.1, 0.15) is 17.2 Å². The summed E-state index contributed by atoms with van der Waals surface area (Å²) in [5, 5.41) is 12.6. The van der Waals surface area contributed by atoms with E-state index in [1.165, 1.54) is 38.8 Å². The Morgan fingerprint density at radius 3 is 2.49 bits per heavy atom. The third kappa shape index (κ3) is 6.02. The number of hydrogen-bond acceptors (Lipinski definition) is 7. The van der Waals surface area contributed by atoms with Crippen LogP contribution in [0.25, 0.3) is 11.4 Å². The molecule has 35 heavy (non-hydrogen) atoms. The minimum absolute atomic E-state index is 0.153. The average molecular weight is 517 g/mol. The van der Waals surface area contributed by atoms with E-state index in [0.29, 0.717) is 40.0 Å². The number of amides is 1. The van der Waals surface area contributed by atoms with E-state index in [4.69, 9.17) is 25.8 Å². The lowest BCUT2D eigenvalue weighted by atomic mass is 10.2. The van der Waals surface area contributed by atoms with Gasteiger partial charge in [0.25, 0.3) is 0 Å². The molecule has 0 unspecified atom stereocenters. The van der Waals surface area contributed by atoms with E-state index < -0.39 is 0 Å². The molecule has 3 aromatic rings. The van der Waals surface area contributed by atoms with E-state index in [-0.39, 0.29) is 11.7 Å². The van der Waals surface area contributed by atoms with Crippen LogP contribution < -0.4 is 19.5 Å². The lowest BCUT2D eigenvalue weighted by Gasteiger charge is -2.14. The van der Waals surface area contributed by atoms with Crippen molar-refractivity contribution >= 4 is 35.0 Å². The van der Waals surface area contributed by atoms with Gasteiger partial charge < -0.3 is 24.1 Å². The fraction of sp³-hybridized carbons (Fsp3) is 0.400. The van der Waals surface area contributed by atoms with Crippen LogP contribution in [0.15, 0.2) is 41.6 Å².